The zero-order valence-electron chi connectivity index (χ0n) is 20.5. The lowest BCUT2D eigenvalue weighted by Gasteiger charge is -2.36. The molecule has 35 heavy (non-hydrogen) atoms. The van der Waals surface area contributed by atoms with E-state index in [1.54, 1.807) is 14.2 Å². The molecular formula is C28H30BrNO5. The van der Waals surface area contributed by atoms with Crippen LogP contribution in [0.2, 0.25) is 0 Å². The number of ether oxygens (including phenoxy) is 3. The van der Waals surface area contributed by atoms with Crippen LogP contribution in [0.4, 0.5) is 0 Å². The Balaban J connectivity index is 1.75. The first-order valence-electron chi connectivity index (χ1n) is 11.8. The second-order valence-electron chi connectivity index (χ2n) is 8.93. The molecule has 0 amide bonds. The maximum atomic E-state index is 13.7. The smallest absolute Gasteiger partial charge is 0.315 e. The zero-order valence-corrected chi connectivity index (χ0v) is 22.1. The van der Waals surface area contributed by atoms with Crippen LogP contribution in [0.3, 0.4) is 0 Å². The fraction of sp³-hybridized carbons (Fsp3) is 0.393. The van der Waals surface area contributed by atoms with Gasteiger partial charge in [0.15, 0.2) is 17.3 Å². The second kappa shape index (κ2) is 10.8. The van der Waals surface area contributed by atoms with Gasteiger partial charge in [0.05, 0.1) is 20.8 Å². The van der Waals surface area contributed by atoms with Gasteiger partial charge in [-0.25, -0.2) is 0 Å². The number of Topliss-reactive ketones (excluding diaryl/α,β-unsaturated/α-hetero) is 1. The van der Waals surface area contributed by atoms with Crippen molar-refractivity contribution >= 4 is 33.4 Å². The minimum Gasteiger partial charge on any atom is -0.493 e. The van der Waals surface area contributed by atoms with Gasteiger partial charge in [-0.1, -0.05) is 41.1 Å². The van der Waals surface area contributed by atoms with E-state index in [9.17, 15) is 9.59 Å². The van der Waals surface area contributed by atoms with E-state index in [1.807, 2.05) is 56.3 Å². The molecule has 3 atom stereocenters. The third-order valence-electron chi connectivity index (χ3n) is 6.70. The van der Waals surface area contributed by atoms with Crippen LogP contribution in [0.1, 0.15) is 56.1 Å². The number of benzene rings is 2. The molecule has 1 aliphatic carbocycles. The molecule has 0 bridgehead atoms. The predicted molar refractivity (Wildman–Crippen MR) is 138 cm³/mol. The molecule has 184 valence electrons. The van der Waals surface area contributed by atoms with Crippen LogP contribution in [0.15, 0.2) is 63.2 Å². The van der Waals surface area contributed by atoms with Crippen molar-refractivity contribution in [3.05, 3.63) is 69.3 Å². The van der Waals surface area contributed by atoms with Crippen molar-refractivity contribution < 1.29 is 23.8 Å². The van der Waals surface area contributed by atoms with E-state index in [4.69, 9.17) is 19.2 Å². The number of aliphatic imine (C=N–C) groups is 1. The number of hydrogen-bond donors (Lipinski definition) is 0. The first-order valence-corrected chi connectivity index (χ1v) is 12.6. The molecule has 0 spiro atoms. The number of nitrogens with zero attached hydrogens (tertiary/aromatic N) is 1. The van der Waals surface area contributed by atoms with Gasteiger partial charge in [-0.05, 0) is 61.1 Å². The number of hydrogen-bond acceptors (Lipinski definition) is 6. The lowest BCUT2D eigenvalue weighted by Crippen LogP contribution is -2.38. The molecule has 6 nitrogen and oxygen atoms in total. The fourth-order valence-corrected chi connectivity index (χ4v) is 5.29. The van der Waals surface area contributed by atoms with Gasteiger partial charge in [-0.3, -0.25) is 14.6 Å². The molecule has 0 aromatic heterocycles. The zero-order chi connectivity index (χ0) is 25.1. The van der Waals surface area contributed by atoms with E-state index < -0.39 is 11.8 Å². The molecule has 0 fully saturated rings. The van der Waals surface area contributed by atoms with E-state index in [0.717, 1.165) is 27.7 Å². The number of carbonyl (C=O) groups is 2. The van der Waals surface area contributed by atoms with Crippen molar-refractivity contribution in [3.63, 3.8) is 0 Å². The highest BCUT2D eigenvalue weighted by Gasteiger charge is 2.44. The van der Waals surface area contributed by atoms with Crippen molar-refractivity contribution in [2.24, 2.45) is 10.9 Å². The molecule has 0 saturated heterocycles. The van der Waals surface area contributed by atoms with Crippen LogP contribution in [0, 0.1) is 5.92 Å². The monoisotopic (exact) mass is 539 g/mol. The molecule has 7 heteroatoms. The van der Waals surface area contributed by atoms with Gasteiger partial charge >= 0.3 is 5.97 Å². The first-order chi connectivity index (χ1) is 16.9. The maximum absolute atomic E-state index is 13.7. The number of halogens is 1. The number of carbonyl (C=O) groups excluding carboxylic acids is 2. The van der Waals surface area contributed by atoms with Crippen molar-refractivity contribution in [2.45, 2.75) is 44.9 Å². The summed E-state index contributed by atoms with van der Waals surface area (Å²) >= 11 is 3.48. The SMILES string of the molecule is CCCOC(=O)C1C(C)=NC2=C(C(=O)C[C@@H](c3ccc(OC)c(OC)c3)C2)[C@@H]1c1ccc(Br)cc1. The summed E-state index contributed by atoms with van der Waals surface area (Å²) in [5.41, 5.74) is 3.98. The molecule has 1 heterocycles. The number of esters is 1. The Morgan fingerprint density at radius 2 is 1.71 bits per heavy atom. The highest BCUT2D eigenvalue weighted by molar-refractivity contribution is 9.10. The van der Waals surface area contributed by atoms with Gasteiger partial charge < -0.3 is 14.2 Å². The number of rotatable bonds is 7. The predicted octanol–water partition coefficient (Wildman–Crippen LogP) is 5.99. The lowest BCUT2D eigenvalue weighted by atomic mass is 9.69. The average molecular weight is 540 g/mol. The summed E-state index contributed by atoms with van der Waals surface area (Å²) in [5, 5.41) is 0. The Morgan fingerprint density at radius 3 is 2.37 bits per heavy atom. The van der Waals surface area contributed by atoms with Gasteiger partial charge in [0.2, 0.25) is 0 Å². The molecule has 2 aliphatic rings. The molecule has 2 aromatic rings. The third-order valence-corrected chi connectivity index (χ3v) is 7.23. The van der Waals surface area contributed by atoms with Crippen LogP contribution in [-0.2, 0) is 14.3 Å². The molecular weight excluding hydrogens is 510 g/mol. The largest absolute Gasteiger partial charge is 0.493 e. The fourth-order valence-electron chi connectivity index (χ4n) is 5.03. The first kappa shape index (κ1) is 25.2. The van der Waals surface area contributed by atoms with Gasteiger partial charge in [0, 0.05) is 33.8 Å². The van der Waals surface area contributed by atoms with Crippen molar-refractivity contribution in [3.8, 4) is 11.5 Å². The van der Waals surface area contributed by atoms with Gasteiger partial charge in [0.1, 0.15) is 5.92 Å². The van der Waals surface area contributed by atoms with E-state index in [-0.39, 0.29) is 17.7 Å². The maximum Gasteiger partial charge on any atom is 0.315 e. The highest BCUT2D eigenvalue weighted by atomic mass is 79.9. The van der Waals surface area contributed by atoms with Crippen molar-refractivity contribution in [1.29, 1.82) is 0 Å². The highest BCUT2D eigenvalue weighted by Crippen LogP contribution is 2.47. The molecule has 0 radical (unpaired) electrons. The summed E-state index contributed by atoms with van der Waals surface area (Å²) in [6.07, 6.45) is 1.68. The van der Waals surface area contributed by atoms with Gasteiger partial charge in [-0.2, -0.15) is 0 Å². The Bertz CT molecular complexity index is 1180. The van der Waals surface area contributed by atoms with Crippen LogP contribution in [0.5, 0.6) is 11.5 Å². The van der Waals surface area contributed by atoms with Gasteiger partial charge in [-0.15, -0.1) is 0 Å². The molecule has 2 aromatic carbocycles. The Hall–Kier alpha value is -2.93. The quantitative estimate of drug-likeness (QED) is 0.403. The minimum atomic E-state index is -0.622. The van der Waals surface area contributed by atoms with E-state index in [2.05, 4.69) is 15.9 Å². The normalized spacial score (nSPS) is 21.8. The topological polar surface area (TPSA) is 74.2 Å². The molecule has 1 unspecified atom stereocenters. The Morgan fingerprint density at radius 1 is 1.03 bits per heavy atom. The van der Waals surface area contributed by atoms with Crippen LogP contribution < -0.4 is 9.47 Å². The summed E-state index contributed by atoms with van der Waals surface area (Å²) in [6.45, 7) is 4.16. The van der Waals surface area contributed by atoms with Crippen molar-refractivity contribution in [1.82, 2.24) is 0 Å². The Labute approximate surface area is 214 Å². The minimum absolute atomic E-state index is 0.0171. The lowest BCUT2D eigenvalue weighted by molar-refractivity contribution is -0.146. The summed E-state index contributed by atoms with van der Waals surface area (Å²) in [6, 6.07) is 13.6. The summed E-state index contributed by atoms with van der Waals surface area (Å²) < 4.78 is 17.3. The summed E-state index contributed by atoms with van der Waals surface area (Å²) in [5.74, 6) is -0.111. The average Bonchev–Trinajstić information content (AvgIpc) is 2.86. The number of allylic oxidation sites excluding steroid dienone is 2. The molecule has 0 N–H and O–H groups in total. The van der Waals surface area contributed by atoms with E-state index in [0.29, 0.717) is 42.2 Å². The standard InChI is InChI=1S/C28H30BrNO5/c1-5-12-35-28(32)25-16(2)30-21-13-19(18-8-11-23(33-3)24(15-18)34-4)14-22(31)27(21)26(25)17-6-9-20(29)10-7-17/h6-11,15,19,25-26H,5,12-14H2,1-4H3/t19-,25?,26+/m0/s1. The van der Waals surface area contributed by atoms with Crippen LogP contribution in [-0.4, -0.2) is 38.3 Å². The molecule has 1 aliphatic heterocycles. The third kappa shape index (κ3) is 5.06. The second-order valence-corrected chi connectivity index (χ2v) is 9.85. The molecule has 4 rings (SSSR count). The summed E-state index contributed by atoms with van der Waals surface area (Å²) in [7, 11) is 3.20. The number of methoxy groups -OCH3 is 2. The molecule has 0 saturated carbocycles. The van der Waals surface area contributed by atoms with E-state index >= 15 is 0 Å². The van der Waals surface area contributed by atoms with Crippen molar-refractivity contribution in [2.75, 3.05) is 20.8 Å². The summed E-state index contributed by atoms with van der Waals surface area (Å²) in [4.78, 5) is 31.6. The van der Waals surface area contributed by atoms with Crippen LogP contribution >= 0.6 is 15.9 Å². The Kier molecular flexibility index (Phi) is 7.75. The number of ketones is 1. The van der Waals surface area contributed by atoms with Crippen LogP contribution in [0.25, 0.3) is 0 Å². The van der Waals surface area contributed by atoms with Gasteiger partial charge in [0.25, 0.3) is 0 Å². The van der Waals surface area contributed by atoms with E-state index in [1.165, 1.54) is 0 Å².